The number of rotatable bonds is 0. The number of carbonyl (C=O) groups excluding carboxylic acids is 1. The first-order valence-corrected chi connectivity index (χ1v) is 6.82. The number of fused-ring (bicyclic) bond motifs is 2. The van der Waals surface area contributed by atoms with E-state index in [4.69, 9.17) is 5.73 Å². The van der Waals surface area contributed by atoms with Crippen LogP contribution in [0.1, 0.15) is 44.9 Å². The second-order valence-electron chi connectivity index (χ2n) is 5.79. The molecule has 90 valence electrons. The van der Waals surface area contributed by atoms with Crippen LogP contribution in [0.5, 0.6) is 0 Å². The number of Topliss-reactive ketones (excluding diaryl/α,β-unsaturated/α-hetero) is 1. The second kappa shape index (κ2) is 4.11. The molecule has 2 aliphatic carbocycles. The first-order chi connectivity index (χ1) is 7.77. The lowest BCUT2D eigenvalue weighted by Crippen LogP contribution is -2.65. The zero-order valence-corrected chi connectivity index (χ0v) is 9.82. The van der Waals surface area contributed by atoms with Crippen molar-refractivity contribution in [3.63, 3.8) is 0 Å². The van der Waals surface area contributed by atoms with Crippen molar-refractivity contribution in [1.82, 2.24) is 5.32 Å². The average molecular weight is 222 g/mol. The third-order valence-electron chi connectivity index (χ3n) is 4.90. The quantitative estimate of drug-likeness (QED) is 0.648. The predicted octanol–water partition coefficient (Wildman–Crippen LogP) is 1.21. The lowest BCUT2D eigenvalue weighted by Gasteiger charge is -2.49. The van der Waals surface area contributed by atoms with E-state index in [-0.39, 0.29) is 12.0 Å². The first-order valence-electron chi connectivity index (χ1n) is 6.82. The molecule has 0 aromatic rings. The van der Waals surface area contributed by atoms with Crippen LogP contribution in [-0.2, 0) is 4.79 Å². The van der Waals surface area contributed by atoms with Crippen LogP contribution in [0.15, 0.2) is 0 Å². The predicted molar refractivity (Wildman–Crippen MR) is 63.0 cm³/mol. The summed E-state index contributed by atoms with van der Waals surface area (Å²) in [5, 5.41) is 3.72. The molecule has 1 heterocycles. The van der Waals surface area contributed by atoms with Crippen molar-refractivity contribution >= 4 is 5.78 Å². The number of carbonyl (C=O) groups is 1. The lowest BCUT2D eigenvalue weighted by molar-refractivity contribution is -0.129. The number of nitrogens with two attached hydrogens (primary N) is 1. The van der Waals surface area contributed by atoms with Gasteiger partial charge in [0.25, 0.3) is 0 Å². The van der Waals surface area contributed by atoms with Gasteiger partial charge in [0.2, 0.25) is 0 Å². The molecule has 3 aliphatic rings. The fourth-order valence-corrected chi connectivity index (χ4v) is 4.11. The molecule has 0 radical (unpaired) electrons. The van der Waals surface area contributed by atoms with Crippen LogP contribution >= 0.6 is 0 Å². The minimum atomic E-state index is 0.119. The molecule has 3 nitrogen and oxygen atoms in total. The second-order valence-corrected chi connectivity index (χ2v) is 5.79. The summed E-state index contributed by atoms with van der Waals surface area (Å²) in [4.78, 5) is 12.0. The third kappa shape index (κ3) is 1.61. The molecule has 0 bridgehead atoms. The summed E-state index contributed by atoms with van der Waals surface area (Å²) in [6, 6.07) is 1.11. The van der Waals surface area contributed by atoms with Crippen molar-refractivity contribution in [2.45, 2.75) is 63.1 Å². The summed E-state index contributed by atoms with van der Waals surface area (Å²) in [6.45, 7) is 0. The molecular formula is C13H22N2O. The molecule has 5 unspecified atom stereocenters. The molecule has 3 fully saturated rings. The lowest BCUT2D eigenvalue weighted by atomic mass is 9.66. The summed E-state index contributed by atoms with van der Waals surface area (Å²) >= 11 is 0. The minimum Gasteiger partial charge on any atom is -0.327 e. The number of hydrogen-bond acceptors (Lipinski definition) is 3. The van der Waals surface area contributed by atoms with E-state index in [0.717, 1.165) is 19.3 Å². The fraction of sp³-hybridized carbons (Fsp3) is 0.923. The summed E-state index contributed by atoms with van der Waals surface area (Å²) in [7, 11) is 0. The largest absolute Gasteiger partial charge is 0.327 e. The van der Waals surface area contributed by atoms with Gasteiger partial charge < -0.3 is 11.1 Å². The highest BCUT2D eigenvalue weighted by atomic mass is 16.1. The van der Waals surface area contributed by atoms with Crippen molar-refractivity contribution < 1.29 is 4.79 Å². The van der Waals surface area contributed by atoms with Crippen molar-refractivity contribution in [2.75, 3.05) is 0 Å². The molecule has 0 spiro atoms. The van der Waals surface area contributed by atoms with E-state index in [2.05, 4.69) is 5.32 Å². The fourth-order valence-electron chi connectivity index (χ4n) is 4.11. The Bertz CT molecular complexity index is 292. The van der Waals surface area contributed by atoms with E-state index < -0.39 is 0 Å². The normalized spacial score (nSPS) is 48.3. The molecule has 1 aliphatic heterocycles. The van der Waals surface area contributed by atoms with Gasteiger partial charge in [-0.05, 0) is 31.6 Å². The summed E-state index contributed by atoms with van der Waals surface area (Å²) in [6.07, 6.45) is 8.05. The summed E-state index contributed by atoms with van der Waals surface area (Å²) < 4.78 is 0. The standard InChI is InChI=1S/C13H22N2O/c14-13-8-4-1-2-5-9(8)15-10-6-3-7-11(16)12(10)13/h8-10,12-13,15H,1-7,14H2. The first kappa shape index (κ1) is 10.7. The molecular weight excluding hydrogens is 200 g/mol. The maximum absolute atomic E-state index is 12.0. The van der Waals surface area contributed by atoms with Gasteiger partial charge in [0, 0.05) is 30.5 Å². The highest BCUT2D eigenvalue weighted by molar-refractivity contribution is 5.83. The van der Waals surface area contributed by atoms with Crippen molar-refractivity contribution in [3.05, 3.63) is 0 Å². The van der Waals surface area contributed by atoms with E-state index in [1.165, 1.54) is 25.7 Å². The van der Waals surface area contributed by atoms with Gasteiger partial charge in [0.1, 0.15) is 5.78 Å². The Hall–Kier alpha value is -0.410. The average Bonchev–Trinajstić information content (AvgIpc) is 2.29. The molecule has 3 N–H and O–H groups in total. The highest BCUT2D eigenvalue weighted by Gasteiger charge is 2.47. The summed E-state index contributed by atoms with van der Waals surface area (Å²) in [5.74, 6) is 1.09. The van der Waals surface area contributed by atoms with E-state index in [9.17, 15) is 4.79 Å². The molecule has 3 heteroatoms. The van der Waals surface area contributed by atoms with Crippen LogP contribution in [0.4, 0.5) is 0 Å². The van der Waals surface area contributed by atoms with Crippen molar-refractivity contribution in [2.24, 2.45) is 17.6 Å². The van der Waals surface area contributed by atoms with Gasteiger partial charge in [-0.1, -0.05) is 12.8 Å². The zero-order chi connectivity index (χ0) is 11.1. The molecule has 3 rings (SSSR count). The van der Waals surface area contributed by atoms with Crippen molar-refractivity contribution in [3.8, 4) is 0 Å². The van der Waals surface area contributed by atoms with E-state index in [1.807, 2.05) is 0 Å². The number of ketones is 1. The Balaban J connectivity index is 1.82. The number of hydrogen-bond donors (Lipinski definition) is 2. The Labute approximate surface area is 97.2 Å². The highest BCUT2D eigenvalue weighted by Crippen LogP contribution is 2.38. The van der Waals surface area contributed by atoms with Gasteiger partial charge in [0.05, 0.1) is 0 Å². The third-order valence-corrected chi connectivity index (χ3v) is 4.90. The van der Waals surface area contributed by atoms with Crippen LogP contribution in [0.3, 0.4) is 0 Å². The maximum Gasteiger partial charge on any atom is 0.139 e. The van der Waals surface area contributed by atoms with E-state index in [0.29, 0.717) is 23.8 Å². The molecule has 5 atom stereocenters. The van der Waals surface area contributed by atoms with Crippen LogP contribution in [0, 0.1) is 11.8 Å². The summed E-state index contributed by atoms with van der Waals surface area (Å²) in [5.41, 5.74) is 6.37. The van der Waals surface area contributed by atoms with Gasteiger partial charge in [-0.3, -0.25) is 4.79 Å². The van der Waals surface area contributed by atoms with Crippen LogP contribution in [0.2, 0.25) is 0 Å². The van der Waals surface area contributed by atoms with Crippen LogP contribution in [-0.4, -0.2) is 23.9 Å². The van der Waals surface area contributed by atoms with Gasteiger partial charge >= 0.3 is 0 Å². The Morgan fingerprint density at radius 1 is 1.06 bits per heavy atom. The van der Waals surface area contributed by atoms with Gasteiger partial charge in [-0.25, -0.2) is 0 Å². The Morgan fingerprint density at radius 3 is 2.69 bits per heavy atom. The Morgan fingerprint density at radius 2 is 1.81 bits per heavy atom. The SMILES string of the molecule is NC1C2CCCCC2NC2CCCC(=O)C21. The number of nitrogens with one attached hydrogen (secondary N) is 1. The monoisotopic (exact) mass is 222 g/mol. The van der Waals surface area contributed by atoms with Crippen LogP contribution < -0.4 is 11.1 Å². The molecule has 0 aromatic carbocycles. The van der Waals surface area contributed by atoms with E-state index >= 15 is 0 Å². The van der Waals surface area contributed by atoms with E-state index in [1.54, 1.807) is 0 Å². The molecule has 0 aromatic heterocycles. The van der Waals surface area contributed by atoms with Crippen LogP contribution in [0.25, 0.3) is 0 Å². The molecule has 2 saturated carbocycles. The van der Waals surface area contributed by atoms with Gasteiger partial charge in [-0.2, -0.15) is 0 Å². The molecule has 0 amide bonds. The number of piperidine rings is 1. The molecule has 16 heavy (non-hydrogen) atoms. The van der Waals surface area contributed by atoms with Gasteiger partial charge in [-0.15, -0.1) is 0 Å². The van der Waals surface area contributed by atoms with Gasteiger partial charge in [0.15, 0.2) is 0 Å². The topological polar surface area (TPSA) is 55.1 Å². The molecule has 1 saturated heterocycles. The zero-order valence-electron chi connectivity index (χ0n) is 9.82. The Kier molecular flexibility index (Phi) is 2.76. The van der Waals surface area contributed by atoms with Crippen molar-refractivity contribution in [1.29, 1.82) is 0 Å². The maximum atomic E-state index is 12.0. The minimum absolute atomic E-state index is 0.119. The smallest absolute Gasteiger partial charge is 0.139 e.